The van der Waals surface area contributed by atoms with Crippen molar-refractivity contribution in [2.45, 2.75) is 19.3 Å². The van der Waals surface area contributed by atoms with Gasteiger partial charge in [-0.15, -0.1) is 0 Å². The Labute approximate surface area is 284 Å². The molecule has 1 atom stereocenters. The quantitative estimate of drug-likeness (QED) is 0.182. The highest BCUT2D eigenvalue weighted by Crippen LogP contribution is 2.63. The molecule has 0 bridgehead atoms. The van der Waals surface area contributed by atoms with Gasteiger partial charge in [0.2, 0.25) is 5.43 Å². The van der Waals surface area contributed by atoms with E-state index in [1.165, 1.54) is 38.9 Å². The van der Waals surface area contributed by atoms with Crippen LogP contribution in [-0.2, 0) is 5.41 Å². The van der Waals surface area contributed by atoms with Crippen LogP contribution in [0, 0.1) is 13.8 Å². The van der Waals surface area contributed by atoms with Gasteiger partial charge in [0.05, 0.1) is 16.2 Å². The second-order valence-electron chi connectivity index (χ2n) is 13.4. The van der Waals surface area contributed by atoms with E-state index in [1.54, 1.807) is 0 Å². The van der Waals surface area contributed by atoms with Crippen molar-refractivity contribution in [3.8, 4) is 22.3 Å². The van der Waals surface area contributed by atoms with Crippen LogP contribution in [0.3, 0.4) is 0 Å². The summed E-state index contributed by atoms with van der Waals surface area (Å²) in [5.74, 6) is 0. The normalized spacial score (nSPS) is 15.3. The molecule has 0 amide bonds. The highest BCUT2D eigenvalue weighted by Gasteiger charge is 2.52. The average Bonchev–Trinajstić information content (AvgIpc) is 3.59. The first-order valence-electron chi connectivity index (χ1n) is 16.8. The van der Waals surface area contributed by atoms with E-state index in [1.807, 2.05) is 24.3 Å². The fourth-order valence-electron chi connectivity index (χ4n) is 8.39. The Bertz CT molecular complexity index is 2660. The van der Waals surface area contributed by atoms with Crippen molar-refractivity contribution in [2.24, 2.45) is 0 Å². The van der Waals surface area contributed by atoms with Crippen LogP contribution >= 0.6 is 0 Å². The Kier molecular flexibility index (Phi) is 5.78. The molecule has 0 aliphatic heterocycles. The van der Waals surface area contributed by atoms with E-state index >= 15 is 0 Å². The summed E-state index contributed by atoms with van der Waals surface area (Å²) in [6.45, 7) is 4.25. The molecule has 1 unspecified atom stereocenters. The van der Waals surface area contributed by atoms with Crippen molar-refractivity contribution in [1.82, 2.24) is 0 Å². The maximum absolute atomic E-state index is 14.1. The minimum Gasteiger partial charge on any atom is -0.456 e. The first-order chi connectivity index (χ1) is 24.0. The minimum atomic E-state index is -0.619. The molecule has 10 rings (SSSR count). The molecule has 232 valence electrons. The second kappa shape index (κ2) is 10.2. The summed E-state index contributed by atoms with van der Waals surface area (Å²) in [6, 6.07) is 53.7. The van der Waals surface area contributed by atoms with Crippen LogP contribution in [0.4, 0.5) is 17.1 Å². The number of nitrogens with zero attached hydrogens (tertiary/aromatic N) is 1. The number of aryl methyl sites for hydroxylation is 2. The number of hydrogen-bond acceptors (Lipinski definition) is 3. The van der Waals surface area contributed by atoms with Gasteiger partial charge in [-0.05, 0) is 119 Å². The fraction of sp³-hybridized carbons (Fsp3) is 0.0652. The lowest BCUT2D eigenvalue weighted by atomic mass is 9.70. The van der Waals surface area contributed by atoms with Crippen LogP contribution in [0.2, 0.25) is 0 Å². The lowest BCUT2D eigenvalue weighted by Gasteiger charge is -2.32. The van der Waals surface area contributed by atoms with Crippen LogP contribution in [0.15, 0.2) is 161 Å². The summed E-state index contributed by atoms with van der Waals surface area (Å²) in [4.78, 5) is 16.4. The number of para-hydroxylation sites is 1. The SMILES string of the molecule is Cc1ccc(N(c2ccc(C)cc2)c2ccc3c(c2)C2(c4ccccc4-3)c3ccccc3-c3cc4oc5ccccc5c(=O)c4cc32)cc1. The molecule has 0 saturated heterocycles. The lowest BCUT2D eigenvalue weighted by molar-refractivity contribution is 0.659. The predicted molar refractivity (Wildman–Crippen MR) is 200 cm³/mol. The number of benzene rings is 7. The first kappa shape index (κ1) is 27.9. The van der Waals surface area contributed by atoms with Crippen LogP contribution in [0.5, 0.6) is 0 Å². The standard InChI is InChI=1S/C46H31NO2/c1-28-15-19-30(20-16-28)47(31-21-17-29(2)18-22-31)32-23-24-35-33-9-3-6-12-39(33)46(41(35)25-32)40-13-7-4-10-34(40)37-27-44-38(26-42(37)46)45(48)36-11-5-8-14-43(36)49-44/h3-27H,1-2H3. The third-order valence-corrected chi connectivity index (χ3v) is 10.6. The summed E-state index contributed by atoms with van der Waals surface area (Å²) >= 11 is 0. The van der Waals surface area contributed by atoms with Crippen molar-refractivity contribution >= 4 is 39.0 Å². The largest absolute Gasteiger partial charge is 0.456 e. The van der Waals surface area contributed by atoms with Crippen LogP contribution in [-0.4, -0.2) is 0 Å². The molecule has 2 aliphatic carbocycles. The zero-order chi connectivity index (χ0) is 32.9. The Morgan fingerprint density at radius 3 is 1.65 bits per heavy atom. The Hall–Kier alpha value is -6.19. The summed E-state index contributed by atoms with van der Waals surface area (Å²) in [5.41, 5.74) is 15.8. The molecule has 1 heterocycles. The molecule has 2 aliphatic rings. The average molecular weight is 630 g/mol. The van der Waals surface area contributed by atoms with Crippen molar-refractivity contribution < 1.29 is 4.42 Å². The summed E-state index contributed by atoms with van der Waals surface area (Å²) in [7, 11) is 0. The van der Waals surface area contributed by atoms with Gasteiger partial charge in [0, 0.05) is 17.1 Å². The molecule has 3 heteroatoms. The number of rotatable bonds is 3. The third kappa shape index (κ3) is 3.81. The minimum absolute atomic E-state index is 0.00377. The van der Waals surface area contributed by atoms with E-state index < -0.39 is 5.41 Å². The second-order valence-corrected chi connectivity index (χ2v) is 13.4. The van der Waals surface area contributed by atoms with Gasteiger partial charge >= 0.3 is 0 Å². The van der Waals surface area contributed by atoms with E-state index in [-0.39, 0.29) is 5.43 Å². The maximum atomic E-state index is 14.1. The van der Waals surface area contributed by atoms with Crippen molar-refractivity contribution in [1.29, 1.82) is 0 Å². The smallest absolute Gasteiger partial charge is 0.200 e. The highest BCUT2D eigenvalue weighted by atomic mass is 16.3. The van der Waals surface area contributed by atoms with Gasteiger partial charge in [-0.1, -0.05) is 102 Å². The van der Waals surface area contributed by atoms with E-state index in [0.29, 0.717) is 21.9 Å². The third-order valence-electron chi connectivity index (χ3n) is 10.6. The van der Waals surface area contributed by atoms with Gasteiger partial charge in [-0.3, -0.25) is 4.79 Å². The topological polar surface area (TPSA) is 33.5 Å². The van der Waals surface area contributed by atoms with Gasteiger partial charge in [-0.2, -0.15) is 0 Å². The van der Waals surface area contributed by atoms with Crippen LogP contribution in [0.1, 0.15) is 33.4 Å². The van der Waals surface area contributed by atoms with Gasteiger partial charge in [0.1, 0.15) is 11.2 Å². The molecular weight excluding hydrogens is 599 g/mol. The van der Waals surface area contributed by atoms with Crippen molar-refractivity contribution in [3.63, 3.8) is 0 Å². The first-order valence-corrected chi connectivity index (χ1v) is 16.8. The Morgan fingerprint density at radius 2 is 0.980 bits per heavy atom. The van der Waals surface area contributed by atoms with Gasteiger partial charge in [-0.25, -0.2) is 0 Å². The zero-order valence-corrected chi connectivity index (χ0v) is 27.2. The van der Waals surface area contributed by atoms with Gasteiger partial charge < -0.3 is 9.32 Å². The zero-order valence-electron chi connectivity index (χ0n) is 27.2. The molecule has 1 aromatic heterocycles. The molecule has 8 aromatic rings. The molecule has 1 spiro atoms. The van der Waals surface area contributed by atoms with E-state index in [9.17, 15) is 4.79 Å². The van der Waals surface area contributed by atoms with E-state index in [0.717, 1.165) is 33.8 Å². The predicted octanol–water partition coefficient (Wildman–Crippen LogP) is 11.4. The van der Waals surface area contributed by atoms with E-state index in [4.69, 9.17) is 4.42 Å². The van der Waals surface area contributed by atoms with Gasteiger partial charge in [0.25, 0.3) is 0 Å². The summed E-state index contributed by atoms with van der Waals surface area (Å²) < 4.78 is 6.42. The Balaban J connectivity index is 1.30. The molecule has 0 fully saturated rings. The molecule has 7 aromatic carbocycles. The molecule has 0 saturated carbocycles. The number of fused-ring (bicyclic) bond motifs is 12. The molecular formula is C46H31NO2. The Morgan fingerprint density at radius 1 is 0.449 bits per heavy atom. The van der Waals surface area contributed by atoms with Crippen LogP contribution in [0.25, 0.3) is 44.2 Å². The van der Waals surface area contributed by atoms with Crippen LogP contribution < -0.4 is 10.3 Å². The van der Waals surface area contributed by atoms with Crippen molar-refractivity contribution in [3.05, 3.63) is 195 Å². The molecule has 0 N–H and O–H groups in total. The molecule has 3 nitrogen and oxygen atoms in total. The van der Waals surface area contributed by atoms with E-state index in [2.05, 4.69) is 146 Å². The monoisotopic (exact) mass is 629 g/mol. The lowest BCUT2D eigenvalue weighted by Crippen LogP contribution is -2.26. The molecule has 49 heavy (non-hydrogen) atoms. The maximum Gasteiger partial charge on any atom is 0.200 e. The summed E-state index contributed by atoms with van der Waals surface area (Å²) in [5, 5.41) is 1.20. The van der Waals surface area contributed by atoms with Gasteiger partial charge in [0.15, 0.2) is 0 Å². The number of anilines is 3. The summed E-state index contributed by atoms with van der Waals surface area (Å²) in [6.07, 6.45) is 0. The highest BCUT2D eigenvalue weighted by molar-refractivity contribution is 6.01. The fourth-order valence-corrected chi connectivity index (χ4v) is 8.39. The van der Waals surface area contributed by atoms with Crippen molar-refractivity contribution in [2.75, 3.05) is 4.90 Å². The molecule has 0 radical (unpaired) electrons. The number of hydrogen-bond donors (Lipinski definition) is 0.